The molecule has 3 fully saturated rings. The number of carboxylic acids is 1. The fourth-order valence-corrected chi connectivity index (χ4v) is 6.87. The monoisotopic (exact) mass is 594 g/mol. The average Bonchev–Trinajstić information content (AvgIpc) is 3.41. The second-order valence-corrected chi connectivity index (χ2v) is 12.0. The topological polar surface area (TPSA) is 115 Å². The molecule has 2 aliphatic heterocycles. The van der Waals surface area contributed by atoms with Gasteiger partial charge in [-0.3, -0.25) is 0 Å². The first-order valence-electron chi connectivity index (χ1n) is 13.9. The maximum absolute atomic E-state index is 11.4. The van der Waals surface area contributed by atoms with Gasteiger partial charge in [0.25, 0.3) is 0 Å². The van der Waals surface area contributed by atoms with Crippen LogP contribution in [0.4, 0.5) is 6.01 Å². The number of carbonyl (C=O) groups is 1. The number of ether oxygens (including phenoxy) is 1. The van der Waals surface area contributed by atoms with Crippen LogP contribution in [0.15, 0.2) is 45.3 Å². The number of rotatable bonds is 8. The van der Waals surface area contributed by atoms with Crippen LogP contribution in [0, 0.1) is 6.92 Å². The fraction of sp³-hybridized carbons (Fsp3) is 0.400. The van der Waals surface area contributed by atoms with Gasteiger partial charge in [-0.1, -0.05) is 39.5 Å². The van der Waals surface area contributed by atoms with Crippen molar-refractivity contribution >= 4 is 35.2 Å². The van der Waals surface area contributed by atoms with Crippen LogP contribution in [0.3, 0.4) is 0 Å². The highest BCUT2D eigenvalue weighted by atomic mass is 35.5. The Morgan fingerprint density at radius 2 is 1.80 bits per heavy atom. The lowest BCUT2D eigenvalue weighted by atomic mass is 10.00. The largest absolute Gasteiger partial charge is 0.478 e. The molecule has 2 aromatic carbocycles. The summed E-state index contributed by atoms with van der Waals surface area (Å²) in [6.07, 6.45) is 5.95. The number of aryl methyl sites for hydroxylation is 1. The zero-order chi connectivity index (χ0) is 28.2. The normalized spacial score (nSPS) is 21.9. The highest BCUT2D eigenvalue weighted by Crippen LogP contribution is 2.47. The van der Waals surface area contributed by atoms with Gasteiger partial charge in [0.05, 0.1) is 28.3 Å². The predicted molar refractivity (Wildman–Crippen MR) is 152 cm³/mol. The van der Waals surface area contributed by atoms with E-state index in [1.54, 1.807) is 25.1 Å². The quantitative estimate of drug-likeness (QED) is 0.224. The third-order valence-corrected chi connectivity index (χ3v) is 9.09. The van der Waals surface area contributed by atoms with Crippen molar-refractivity contribution in [1.82, 2.24) is 15.4 Å². The van der Waals surface area contributed by atoms with E-state index in [0.717, 1.165) is 49.8 Å². The first-order valence-corrected chi connectivity index (χ1v) is 14.6. The minimum absolute atomic E-state index is 0.0638. The summed E-state index contributed by atoms with van der Waals surface area (Å²) in [6.45, 7) is 2.14. The number of hydrogen-bond donors (Lipinski definition) is 1. The average molecular weight is 595 g/mol. The van der Waals surface area contributed by atoms with E-state index in [-0.39, 0.29) is 23.8 Å². The van der Waals surface area contributed by atoms with Crippen molar-refractivity contribution in [2.45, 2.75) is 76.2 Å². The molecule has 3 aliphatic rings. The summed E-state index contributed by atoms with van der Waals surface area (Å²) in [7, 11) is 0. The molecule has 11 heteroatoms. The van der Waals surface area contributed by atoms with Crippen molar-refractivity contribution in [1.29, 1.82) is 0 Å². The number of nitrogens with zero attached hydrogens (tertiary/aromatic N) is 4. The van der Waals surface area contributed by atoms with Crippen LogP contribution in [0.5, 0.6) is 0 Å². The lowest BCUT2D eigenvalue weighted by molar-refractivity contribution is 0.0139. The fourth-order valence-electron chi connectivity index (χ4n) is 6.30. The summed E-state index contributed by atoms with van der Waals surface area (Å²) < 4.78 is 18.5. The van der Waals surface area contributed by atoms with Crippen molar-refractivity contribution in [3.8, 4) is 22.7 Å². The summed E-state index contributed by atoms with van der Waals surface area (Å²) in [5.41, 5.74) is 3.87. The van der Waals surface area contributed by atoms with Gasteiger partial charge < -0.3 is 23.7 Å². The van der Waals surface area contributed by atoms with Crippen molar-refractivity contribution in [2.24, 2.45) is 0 Å². The van der Waals surface area contributed by atoms with Gasteiger partial charge in [-0.15, -0.1) is 5.10 Å². The maximum Gasteiger partial charge on any atom is 0.335 e. The molecule has 4 heterocycles. The van der Waals surface area contributed by atoms with E-state index in [2.05, 4.69) is 20.3 Å². The Morgan fingerprint density at radius 1 is 1.07 bits per heavy atom. The zero-order valence-corrected chi connectivity index (χ0v) is 23.9. The first kappa shape index (κ1) is 26.5. The first-order chi connectivity index (χ1) is 19.9. The molecule has 2 atom stereocenters. The Balaban J connectivity index is 1.07. The van der Waals surface area contributed by atoms with Gasteiger partial charge in [0.1, 0.15) is 11.5 Å². The molecular formula is C30H28Cl2N4O5. The van der Waals surface area contributed by atoms with Gasteiger partial charge in [-0.25, -0.2) is 4.79 Å². The molecule has 0 amide bonds. The number of aromatic carboxylic acids is 1. The van der Waals surface area contributed by atoms with Crippen LogP contribution in [0.2, 0.25) is 10.0 Å². The van der Waals surface area contributed by atoms with E-state index in [9.17, 15) is 9.90 Å². The molecule has 2 aromatic heterocycles. The lowest BCUT2D eigenvalue weighted by Gasteiger charge is -2.37. The van der Waals surface area contributed by atoms with Crippen molar-refractivity contribution in [2.75, 3.05) is 4.90 Å². The molecular weight excluding hydrogens is 567 g/mol. The van der Waals surface area contributed by atoms with Crippen molar-refractivity contribution in [3.05, 3.63) is 68.9 Å². The number of piperidine rings is 1. The summed E-state index contributed by atoms with van der Waals surface area (Å²) >= 11 is 13.0. The molecule has 1 aliphatic carbocycles. The van der Waals surface area contributed by atoms with Crippen LogP contribution in [-0.2, 0) is 11.3 Å². The highest BCUT2D eigenvalue weighted by molar-refractivity contribution is 6.39. The number of benzene rings is 2. The van der Waals surface area contributed by atoms with Gasteiger partial charge in [0.15, 0.2) is 0 Å². The summed E-state index contributed by atoms with van der Waals surface area (Å²) in [5, 5.41) is 23.4. The molecule has 9 nitrogen and oxygen atoms in total. The number of fused-ring (bicyclic) bond motifs is 2. The molecule has 0 spiro atoms. The molecule has 2 unspecified atom stereocenters. The van der Waals surface area contributed by atoms with Crippen molar-refractivity contribution < 1.29 is 23.6 Å². The Morgan fingerprint density at radius 3 is 2.46 bits per heavy atom. The molecule has 212 valence electrons. The van der Waals surface area contributed by atoms with E-state index in [4.69, 9.17) is 36.9 Å². The second-order valence-electron chi connectivity index (χ2n) is 11.2. The van der Waals surface area contributed by atoms with Crippen LogP contribution in [-0.4, -0.2) is 44.6 Å². The lowest BCUT2D eigenvalue weighted by Crippen LogP contribution is -2.45. The van der Waals surface area contributed by atoms with Gasteiger partial charge >= 0.3 is 12.0 Å². The van der Waals surface area contributed by atoms with Crippen LogP contribution in [0.25, 0.3) is 22.7 Å². The minimum Gasteiger partial charge on any atom is -0.478 e. The van der Waals surface area contributed by atoms with Crippen molar-refractivity contribution in [3.63, 3.8) is 0 Å². The van der Waals surface area contributed by atoms with Crippen LogP contribution >= 0.6 is 23.2 Å². The van der Waals surface area contributed by atoms with Gasteiger partial charge in [-0.2, -0.15) is 0 Å². The van der Waals surface area contributed by atoms with E-state index in [1.807, 2.05) is 18.2 Å². The van der Waals surface area contributed by atoms with E-state index in [0.29, 0.717) is 56.9 Å². The molecule has 0 radical (unpaired) electrons. The molecule has 2 bridgehead atoms. The SMILES string of the molecule is Cc1cc(-c2nnc(N3C4CCC3CC(OCc3c(-c5c(Cl)cccc5Cl)noc3C3CC3)C4)o2)ccc1C(=O)O. The van der Waals surface area contributed by atoms with E-state index < -0.39 is 5.97 Å². The zero-order valence-electron chi connectivity index (χ0n) is 22.3. The number of aromatic nitrogens is 3. The molecule has 2 saturated heterocycles. The molecule has 4 aromatic rings. The summed E-state index contributed by atoms with van der Waals surface area (Å²) in [5.74, 6) is 0.661. The Hall–Kier alpha value is -3.40. The number of anilines is 1. The van der Waals surface area contributed by atoms with Crippen LogP contribution in [0.1, 0.15) is 71.7 Å². The van der Waals surface area contributed by atoms with E-state index >= 15 is 0 Å². The van der Waals surface area contributed by atoms with E-state index in [1.165, 1.54) is 0 Å². The summed E-state index contributed by atoms with van der Waals surface area (Å²) in [6, 6.07) is 11.4. The Labute approximate surface area is 246 Å². The standard InChI is InChI=1S/C30H28Cl2N4O5/c1-15-11-17(7-10-21(15)29(37)38)28-33-34-30(40-28)36-18-8-9-19(36)13-20(12-18)39-14-22-26(35-41-27(22)16-5-6-16)25-23(31)3-2-4-24(25)32/h2-4,7,10-11,16,18-20H,5-6,8-9,12-14H2,1H3,(H,37,38). The smallest absolute Gasteiger partial charge is 0.335 e. The highest BCUT2D eigenvalue weighted by Gasteiger charge is 2.44. The third kappa shape index (κ3) is 4.90. The number of hydrogen-bond acceptors (Lipinski definition) is 8. The Kier molecular flexibility index (Phi) is 6.76. The second kappa shape index (κ2) is 10.5. The van der Waals surface area contributed by atoms with Crippen LogP contribution < -0.4 is 4.90 Å². The number of carboxylic acid groups (broad SMARTS) is 1. The molecule has 1 N–H and O–H groups in total. The predicted octanol–water partition coefficient (Wildman–Crippen LogP) is 7.30. The third-order valence-electron chi connectivity index (χ3n) is 8.46. The molecule has 7 rings (SSSR count). The summed E-state index contributed by atoms with van der Waals surface area (Å²) in [4.78, 5) is 13.6. The van der Waals surface area contributed by atoms with Gasteiger partial charge in [-0.05, 0) is 81.3 Å². The number of halogens is 2. The van der Waals surface area contributed by atoms with Gasteiger partial charge in [0.2, 0.25) is 5.89 Å². The minimum atomic E-state index is -0.960. The maximum atomic E-state index is 11.4. The van der Waals surface area contributed by atoms with Gasteiger partial charge in [0, 0.05) is 34.7 Å². The molecule has 41 heavy (non-hydrogen) atoms. The Bertz CT molecular complexity index is 1600. The molecule has 1 saturated carbocycles.